The zero-order chi connectivity index (χ0) is 25.1. The van der Waals surface area contributed by atoms with Gasteiger partial charge >= 0.3 is 6.03 Å². The van der Waals surface area contributed by atoms with Gasteiger partial charge in [-0.2, -0.15) is 5.10 Å². The molecule has 1 aliphatic rings. The first-order chi connectivity index (χ1) is 17.4. The lowest BCUT2D eigenvalue weighted by Crippen LogP contribution is -2.44. The van der Waals surface area contributed by atoms with Gasteiger partial charge in [-0.05, 0) is 67.6 Å². The van der Waals surface area contributed by atoms with Crippen molar-refractivity contribution in [2.75, 3.05) is 48.8 Å². The summed E-state index contributed by atoms with van der Waals surface area (Å²) in [5.41, 5.74) is 6.86. The zero-order valence-electron chi connectivity index (χ0n) is 20.4. The van der Waals surface area contributed by atoms with Crippen LogP contribution >= 0.6 is 0 Å². The number of amides is 2. The molecule has 0 unspecified atom stereocenters. The number of aryl methyl sites for hydroxylation is 1. The molecular weight excluding hydrogens is 455 g/mol. The van der Waals surface area contributed by atoms with Crippen LogP contribution in [0.1, 0.15) is 5.56 Å². The molecular formula is C28H29FN6O. The van der Waals surface area contributed by atoms with Crippen LogP contribution in [-0.2, 0) is 0 Å². The van der Waals surface area contributed by atoms with Gasteiger partial charge in [-0.25, -0.2) is 9.18 Å². The molecule has 2 heterocycles. The Bertz CT molecular complexity index is 1340. The Morgan fingerprint density at radius 1 is 0.889 bits per heavy atom. The summed E-state index contributed by atoms with van der Waals surface area (Å²) >= 11 is 0. The first-order valence-corrected chi connectivity index (χ1v) is 12.0. The number of anilines is 3. The number of piperazine rings is 1. The summed E-state index contributed by atoms with van der Waals surface area (Å²) in [7, 11) is 2.16. The van der Waals surface area contributed by atoms with Gasteiger partial charge in [0.15, 0.2) is 0 Å². The van der Waals surface area contributed by atoms with E-state index in [1.54, 1.807) is 6.07 Å². The van der Waals surface area contributed by atoms with E-state index in [9.17, 15) is 9.18 Å². The molecule has 0 bridgehead atoms. The molecule has 0 spiro atoms. The van der Waals surface area contributed by atoms with Crippen LogP contribution in [0.4, 0.5) is 26.2 Å². The number of nitrogens with zero attached hydrogens (tertiary/aromatic N) is 3. The maximum atomic E-state index is 13.5. The van der Waals surface area contributed by atoms with E-state index in [2.05, 4.69) is 61.9 Å². The second kappa shape index (κ2) is 10.2. The summed E-state index contributed by atoms with van der Waals surface area (Å²) in [5.74, 6) is -0.399. The topological polar surface area (TPSA) is 76.3 Å². The van der Waals surface area contributed by atoms with Gasteiger partial charge in [0.05, 0.1) is 11.4 Å². The van der Waals surface area contributed by atoms with Gasteiger partial charge < -0.3 is 20.4 Å². The van der Waals surface area contributed by atoms with E-state index in [1.165, 1.54) is 17.8 Å². The lowest BCUT2D eigenvalue weighted by molar-refractivity contribution is 0.262. The molecule has 0 atom stereocenters. The van der Waals surface area contributed by atoms with E-state index in [4.69, 9.17) is 0 Å². The molecule has 0 radical (unpaired) electrons. The molecule has 3 N–H and O–H groups in total. The molecule has 7 nitrogen and oxygen atoms in total. The highest BCUT2D eigenvalue weighted by Crippen LogP contribution is 2.27. The van der Waals surface area contributed by atoms with Gasteiger partial charge in [0.1, 0.15) is 5.82 Å². The minimum absolute atomic E-state index is 0.399. The molecule has 184 valence electrons. The monoisotopic (exact) mass is 484 g/mol. The lowest BCUT2D eigenvalue weighted by Gasteiger charge is -2.34. The molecule has 5 rings (SSSR count). The molecule has 3 aromatic carbocycles. The van der Waals surface area contributed by atoms with E-state index < -0.39 is 11.8 Å². The van der Waals surface area contributed by atoms with E-state index in [-0.39, 0.29) is 0 Å². The first kappa shape index (κ1) is 23.6. The van der Waals surface area contributed by atoms with Gasteiger partial charge in [-0.3, -0.25) is 5.10 Å². The quantitative estimate of drug-likeness (QED) is 0.345. The van der Waals surface area contributed by atoms with Crippen molar-refractivity contribution in [3.05, 3.63) is 84.2 Å². The molecule has 2 amide bonds. The number of urea groups is 1. The van der Waals surface area contributed by atoms with Crippen LogP contribution in [0.5, 0.6) is 0 Å². The van der Waals surface area contributed by atoms with Crippen molar-refractivity contribution >= 4 is 23.1 Å². The van der Waals surface area contributed by atoms with E-state index in [1.807, 2.05) is 37.3 Å². The van der Waals surface area contributed by atoms with E-state index in [0.717, 1.165) is 54.3 Å². The Kier molecular flexibility index (Phi) is 6.69. The summed E-state index contributed by atoms with van der Waals surface area (Å²) < 4.78 is 13.5. The number of hydrogen-bond donors (Lipinski definition) is 3. The number of aromatic amines is 1. The second-order valence-corrected chi connectivity index (χ2v) is 9.12. The molecule has 4 aromatic rings. The molecule has 1 aromatic heterocycles. The molecule has 1 aliphatic heterocycles. The van der Waals surface area contributed by atoms with Crippen LogP contribution in [0.25, 0.3) is 22.5 Å². The Hall–Kier alpha value is -4.17. The highest BCUT2D eigenvalue weighted by atomic mass is 19.1. The molecule has 8 heteroatoms. The normalized spacial score (nSPS) is 14.0. The van der Waals surface area contributed by atoms with Crippen molar-refractivity contribution < 1.29 is 9.18 Å². The number of hydrogen-bond acceptors (Lipinski definition) is 4. The Morgan fingerprint density at radius 2 is 1.58 bits per heavy atom. The third kappa shape index (κ3) is 5.39. The number of aromatic nitrogens is 2. The highest BCUT2D eigenvalue weighted by molar-refractivity contribution is 6.00. The Labute approximate surface area is 209 Å². The lowest BCUT2D eigenvalue weighted by atomic mass is 10.1. The van der Waals surface area contributed by atoms with Crippen molar-refractivity contribution in [3.63, 3.8) is 0 Å². The van der Waals surface area contributed by atoms with Crippen molar-refractivity contribution in [2.24, 2.45) is 0 Å². The van der Waals surface area contributed by atoms with Crippen molar-refractivity contribution in [1.82, 2.24) is 15.1 Å². The number of carbonyl (C=O) groups excluding carboxylic acids is 1. The summed E-state index contributed by atoms with van der Waals surface area (Å²) in [6, 6.07) is 21.9. The predicted octanol–water partition coefficient (Wildman–Crippen LogP) is 5.59. The number of nitrogens with one attached hydrogen (secondary N) is 3. The second-order valence-electron chi connectivity index (χ2n) is 9.12. The number of benzene rings is 3. The van der Waals surface area contributed by atoms with E-state index in [0.29, 0.717) is 11.4 Å². The SMILES string of the molecule is Cc1ccc(F)cc1NC(=O)Nc1ccc(-c2cc(-c3ccc(N4CCN(C)CC4)cc3)[nH]n2)cc1. The van der Waals surface area contributed by atoms with Crippen LogP contribution in [0.3, 0.4) is 0 Å². The van der Waals surface area contributed by atoms with Gasteiger partial charge in [-0.1, -0.05) is 30.3 Å². The summed E-state index contributed by atoms with van der Waals surface area (Å²) in [5, 5.41) is 13.1. The number of halogens is 1. The molecule has 1 saturated heterocycles. The van der Waals surface area contributed by atoms with Crippen LogP contribution < -0.4 is 15.5 Å². The minimum Gasteiger partial charge on any atom is -0.369 e. The first-order valence-electron chi connectivity index (χ1n) is 12.0. The largest absolute Gasteiger partial charge is 0.369 e. The van der Waals surface area contributed by atoms with Crippen molar-refractivity contribution in [2.45, 2.75) is 6.92 Å². The molecule has 36 heavy (non-hydrogen) atoms. The number of carbonyl (C=O) groups is 1. The maximum Gasteiger partial charge on any atom is 0.323 e. The van der Waals surface area contributed by atoms with Gasteiger partial charge in [0.2, 0.25) is 0 Å². The van der Waals surface area contributed by atoms with Crippen molar-refractivity contribution in [3.8, 4) is 22.5 Å². The predicted molar refractivity (Wildman–Crippen MR) is 143 cm³/mol. The molecule has 0 aliphatic carbocycles. The third-order valence-corrected chi connectivity index (χ3v) is 6.51. The summed E-state index contributed by atoms with van der Waals surface area (Å²) in [4.78, 5) is 17.1. The minimum atomic E-state index is -0.432. The fraction of sp³-hybridized carbons (Fsp3) is 0.214. The number of H-pyrrole nitrogens is 1. The fourth-order valence-electron chi connectivity index (χ4n) is 4.27. The number of likely N-dealkylation sites (N-methyl/N-ethyl adjacent to an activating group) is 1. The van der Waals surface area contributed by atoms with Gasteiger partial charge in [0, 0.05) is 48.8 Å². The average molecular weight is 485 g/mol. The Morgan fingerprint density at radius 3 is 2.31 bits per heavy atom. The Balaban J connectivity index is 1.21. The summed E-state index contributed by atoms with van der Waals surface area (Å²) in [6.07, 6.45) is 0. The number of rotatable bonds is 5. The van der Waals surface area contributed by atoms with Crippen molar-refractivity contribution in [1.29, 1.82) is 0 Å². The summed E-state index contributed by atoms with van der Waals surface area (Å²) in [6.45, 7) is 6.06. The van der Waals surface area contributed by atoms with Crippen LogP contribution in [-0.4, -0.2) is 54.4 Å². The maximum absolute atomic E-state index is 13.5. The fourth-order valence-corrected chi connectivity index (χ4v) is 4.27. The standard InChI is InChI=1S/C28H29FN6O/c1-19-3-8-22(29)17-25(19)31-28(36)30-23-9-4-20(5-10-23)26-18-27(33-32-26)21-6-11-24(12-7-21)35-15-13-34(2)14-16-35/h3-12,17-18H,13-16H2,1-2H3,(H,32,33)(H2,30,31,36). The molecule has 1 fully saturated rings. The van der Waals surface area contributed by atoms with E-state index >= 15 is 0 Å². The van der Waals surface area contributed by atoms with Crippen LogP contribution in [0, 0.1) is 12.7 Å². The molecule has 0 saturated carbocycles. The smallest absolute Gasteiger partial charge is 0.323 e. The van der Waals surface area contributed by atoms with Gasteiger partial charge in [-0.15, -0.1) is 0 Å². The van der Waals surface area contributed by atoms with Crippen LogP contribution in [0.15, 0.2) is 72.8 Å². The zero-order valence-corrected chi connectivity index (χ0v) is 20.4. The van der Waals surface area contributed by atoms with Crippen LogP contribution in [0.2, 0.25) is 0 Å². The van der Waals surface area contributed by atoms with Gasteiger partial charge in [0.25, 0.3) is 0 Å². The third-order valence-electron chi connectivity index (χ3n) is 6.51. The average Bonchev–Trinajstić information content (AvgIpc) is 3.38. The highest BCUT2D eigenvalue weighted by Gasteiger charge is 2.14.